The zero-order valence-electron chi connectivity index (χ0n) is 14.2. The minimum Gasteiger partial charge on any atom is -0.481 e. The monoisotopic (exact) mass is 389 g/mol. The molecule has 0 bridgehead atoms. The van der Waals surface area contributed by atoms with Gasteiger partial charge >= 0.3 is 5.97 Å². The molecule has 0 aromatic carbocycles. The number of aromatic nitrogens is 4. The molecular formula is C18H17ClFN5O2. The van der Waals surface area contributed by atoms with Crippen molar-refractivity contribution in [3.8, 4) is 11.4 Å². The van der Waals surface area contributed by atoms with E-state index in [0.29, 0.717) is 34.9 Å². The normalized spacial score (nSPS) is 19.9. The highest BCUT2D eigenvalue weighted by Gasteiger charge is 2.27. The lowest BCUT2D eigenvalue weighted by Crippen LogP contribution is -2.31. The Morgan fingerprint density at radius 2 is 2.19 bits per heavy atom. The summed E-state index contributed by atoms with van der Waals surface area (Å²) in [6, 6.07) is 1.60. The molecule has 1 fully saturated rings. The van der Waals surface area contributed by atoms with Gasteiger partial charge in [0.1, 0.15) is 5.65 Å². The van der Waals surface area contributed by atoms with Gasteiger partial charge in [0.15, 0.2) is 17.5 Å². The molecular weight excluding hydrogens is 373 g/mol. The number of H-pyrrole nitrogens is 1. The Bertz CT molecular complexity index is 1010. The maximum atomic E-state index is 14.3. The number of aromatic amines is 1. The number of hydrogen-bond donors (Lipinski definition) is 3. The summed E-state index contributed by atoms with van der Waals surface area (Å²) in [5.41, 5.74) is 1.29. The van der Waals surface area contributed by atoms with E-state index >= 15 is 0 Å². The molecule has 0 aliphatic heterocycles. The lowest BCUT2D eigenvalue weighted by atomic mass is 9.86. The van der Waals surface area contributed by atoms with E-state index in [1.165, 1.54) is 6.20 Å². The zero-order chi connectivity index (χ0) is 19.0. The minimum absolute atomic E-state index is 0.0698. The number of hydrogen-bond acceptors (Lipinski definition) is 5. The number of carbonyl (C=O) groups is 1. The standard InChI is InChI=1S/C18H17ClFN5O2/c19-10-5-12-13(7-22-15(12)21-6-10)16-23-8-14(20)17(25-16)24-11-3-1-2-9(4-11)18(26)27/h5-9,11H,1-4H2,(H,21,22)(H,26,27)(H,23,24,25). The predicted molar refractivity (Wildman–Crippen MR) is 99.1 cm³/mol. The van der Waals surface area contributed by atoms with Crippen LogP contribution in [0.25, 0.3) is 22.4 Å². The van der Waals surface area contributed by atoms with Crippen molar-refractivity contribution in [3.63, 3.8) is 0 Å². The molecule has 3 aromatic rings. The van der Waals surface area contributed by atoms with Crippen molar-refractivity contribution in [2.24, 2.45) is 5.92 Å². The lowest BCUT2D eigenvalue weighted by molar-refractivity contribution is -0.142. The zero-order valence-corrected chi connectivity index (χ0v) is 15.0. The smallest absolute Gasteiger partial charge is 0.306 e. The molecule has 0 radical (unpaired) electrons. The van der Waals surface area contributed by atoms with Crippen LogP contribution in [0.4, 0.5) is 10.2 Å². The first-order valence-electron chi connectivity index (χ1n) is 8.66. The largest absolute Gasteiger partial charge is 0.481 e. The number of carboxylic acids is 1. The quantitative estimate of drug-likeness (QED) is 0.625. The van der Waals surface area contributed by atoms with Gasteiger partial charge in [-0.2, -0.15) is 0 Å². The fraction of sp³-hybridized carbons (Fsp3) is 0.333. The fourth-order valence-electron chi connectivity index (χ4n) is 3.50. The lowest BCUT2D eigenvalue weighted by Gasteiger charge is -2.27. The van der Waals surface area contributed by atoms with Crippen LogP contribution < -0.4 is 5.32 Å². The second kappa shape index (κ2) is 7.11. The van der Waals surface area contributed by atoms with Gasteiger partial charge in [-0.1, -0.05) is 18.0 Å². The summed E-state index contributed by atoms with van der Waals surface area (Å²) in [6.45, 7) is 0. The molecule has 3 heterocycles. The maximum absolute atomic E-state index is 14.3. The van der Waals surface area contributed by atoms with Gasteiger partial charge in [0.05, 0.1) is 17.1 Å². The second-order valence-corrected chi connectivity index (χ2v) is 7.12. The third kappa shape index (κ3) is 3.57. The predicted octanol–water partition coefficient (Wildman–Crippen LogP) is 3.87. The van der Waals surface area contributed by atoms with Gasteiger partial charge in [0, 0.05) is 29.4 Å². The van der Waals surface area contributed by atoms with Crippen LogP contribution >= 0.6 is 11.6 Å². The summed E-state index contributed by atoms with van der Waals surface area (Å²) in [6.07, 6.45) is 6.99. The van der Waals surface area contributed by atoms with Crippen molar-refractivity contribution in [1.29, 1.82) is 0 Å². The van der Waals surface area contributed by atoms with Crippen LogP contribution in [0, 0.1) is 11.7 Å². The topological polar surface area (TPSA) is 104 Å². The van der Waals surface area contributed by atoms with Crippen LogP contribution in [0.3, 0.4) is 0 Å². The molecule has 9 heteroatoms. The first-order valence-corrected chi connectivity index (χ1v) is 9.04. The third-order valence-electron chi connectivity index (χ3n) is 4.85. The van der Waals surface area contributed by atoms with E-state index in [1.807, 2.05) is 0 Å². The van der Waals surface area contributed by atoms with Crippen LogP contribution in [-0.4, -0.2) is 37.1 Å². The van der Waals surface area contributed by atoms with Crippen LogP contribution in [0.5, 0.6) is 0 Å². The minimum atomic E-state index is -0.812. The van der Waals surface area contributed by atoms with E-state index in [0.717, 1.165) is 24.4 Å². The Balaban J connectivity index is 1.63. The second-order valence-electron chi connectivity index (χ2n) is 6.69. The number of halogens is 2. The summed E-state index contributed by atoms with van der Waals surface area (Å²) in [5.74, 6) is -1.40. The number of carboxylic acid groups (broad SMARTS) is 1. The van der Waals surface area contributed by atoms with Crippen molar-refractivity contribution in [2.45, 2.75) is 31.7 Å². The van der Waals surface area contributed by atoms with Crippen LogP contribution in [-0.2, 0) is 4.79 Å². The van der Waals surface area contributed by atoms with Gasteiger partial charge in [-0.05, 0) is 25.3 Å². The van der Waals surface area contributed by atoms with Crippen LogP contribution in [0.1, 0.15) is 25.7 Å². The molecule has 3 aromatic heterocycles. The summed E-state index contributed by atoms with van der Waals surface area (Å²) >= 11 is 6.02. The average molecular weight is 390 g/mol. The van der Waals surface area contributed by atoms with E-state index in [2.05, 4.69) is 25.3 Å². The molecule has 0 amide bonds. The van der Waals surface area contributed by atoms with Crippen molar-refractivity contribution < 1.29 is 14.3 Å². The Morgan fingerprint density at radius 1 is 1.33 bits per heavy atom. The van der Waals surface area contributed by atoms with E-state index in [9.17, 15) is 14.3 Å². The van der Waals surface area contributed by atoms with E-state index in [4.69, 9.17) is 11.6 Å². The molecule has 3 N–H and O–H groups in total. The van der Waals surface area contributed by atoms with Gasteiger partial charge in [0.2, 0.25) is 0 Å². The van der Waals surface area contributed by atoms with Crippen molar-refractivity contribution in [1.82, 2.24) is 19.9 Å². The van der Waals surface area contributed by atoms with Crippen molar-refractivity contribution in [2.75, 3.05) is 5.32 Å². The molecule has 4 rings (SSSR count). The van der Waals surface area contributed by atoms with E-state index < -0.39 is 17.7 Å². The Kier molecular flexibility index (Phi) is 4.65. The van der Waals surface area contributed by atoms with Gasteiger partial charge < -0.3 is 15.4 Å². The number of rotatable bonds is 4. The highest BCUT2D eigenvalue weighted by atomic mass is 35.5. The van der Waals surface area contributed by atoms with Gasteiger partial charge in [0.25, 0.3) is 0 Å². The van der Waals surface area contributed by atoms with Gasteiger partial charge in [-0.15, -0.1) is 0 Å². The highest BCUT2D eigenvalue weighted by Crippen LogP contribution is 2.30. The maximum Gasteiger partial charge on any atom is 0.306 e. The van der Waals surface area contributed by atoms with E-state index in [1.54, 1.807) is 12.3 Å². The number of fused-ring (bicyclic) bond motifs is 1. The SMILES string of the molecule is O=C(O)C1CCCC(Nc2nc(-c3c[nH]c4ncc(Cl)cc34)ncc2F)C1. The Hall–Kier alpha value is -2.74. The fourth-order valence-corrected chi connectivity index (χ4v) is 3.66. The van der Waals surface area contributed by atoms with E-state index in [-0.39, 0.29) is 11.9 Å². The molecule has 0 saturated heterocycles. The third-order valence-corrected chi connectivity index (χ3v) is 5.05. The van der Waals surface area contributed by atoms with Crippen LogP contribution in [0.15, 0.2) is 24.7 Å². The highest BCUT2D eigenvalue weighted by molar-refractivity contribution is 6.31. The van der Waals surface area contributed by atoms with Gasteiger partial charge in [-0.3, -0.25) is 4.79 Å². The molecule has 1 aliphatic carbocycles. The summed E-state index contributed by atoms with van der Waals surface area (Å²) in [4.78, 5) is 26.9. The number of aliphatic carboxylic acids is 1. The van der Waals surface area contributed by atoms with Crippen molar-refractivity contribution >= 4 is 34.4 Å². The Morgan fingerprint density at radius 3 is 3.00 bits per heavy atom. The molecule has 0 spiro atoms. The molecule has 2 atom stereocenters. The molecule has 140 valence electrons. The van der Waals surface area contributed by atoms with Gasteiger partial charge in [-0.25, -0.2) is 19.3 Å². The molecule has 2 unspecified atom stereocenters. The number of anilines is 1. The molecule has 27 heavy (non-hydrogen) atoms. The molecule has 1 saturated carbocycles. The summed E-state index contributed by atoms with van der Waals surface area (Å²) < 4.78 is 14.3. The first kappa shape index (κ1) is 17.7. The molecule has 7 nitrogen and oxygen atoms in total. The number of pyridine rings is 1. The number of nitrogens with one attached hydrogen (secondary N) is 2. The van der Waals surface area contributed by atoms with Crippen molar-refractivity contribution in [3.05, 3.63) is 35.5 Å². The summed E-state index contributed by atoms with van der Waals surface area (Å²) in [5, 5.41) is 13.5. The molecule has 1 aliphatic rings. The summed E-state index contributed by atoms with van der Waals surface area (Å²) in [7, 11) is 0. The Labute approximate surface area is 159 Å². The number of nitrogens with zero attached hydrogens (tertiary/aromatic N) is 3. The first-order chi connectivity index (χ1) is 13.0. The average Bonchev–Trinajstić information content (AvgIpc) is 3.07. The van der Waals surface area contributed by atoms with Crippen LogP contribution in [0.2, 0.25) is 5.02 Å².